The molecule has 2 fully saturated rings. The molecule has 2 N–H and O–H groups in total. The predicted molar refractivity (Wildman–Crippen MR) is 75.8 cm³/mol. The highest BCUT2D eigenvalue weighted by molar-refractivity contribution is 5.75. The average molecular weight is 268 g/mol. The topological polar surface area (TPSA) is 55.6 Å². The lowest BCUT2D eigenvalue weighted by Gasteiger charge is -2.39. The van der Waals surface area contributed by atoms with Crippen molar-refractivity contribution in [3.63, 3.8) is 0 Å². The Kier molecular flexibility index (Phi) is 5.22. The van der Waals surface area contributed by atoms with Crippen LogP contribution >= 0.6 is 0 Å². The first-order chi connectivity index (χ1) is 9.15. The minimum absolute atomic E-state index is 0.258. The Balaban J connectivity index is 1.66. The number of nitrogens with two attached hydrogens (primary N) is 1. The van der Waals surface area contributed by atoms with Gasteiger partial charge in [0.25, 0.3) is 0 Å². The molecule has 1 unspecified atom stereocenters. The van der Waals surface area contributed by atoms with Crippen molar-refractivity contribution < 1.29 is 9.53 Å². The van der Waals surface area contributed by atoms with Gasteiger partial charge in [-0.25, -0.2) is 0 Å². The van der Waals surface area contributed by atoms with Crippen molar-refractivity contribution in [1.82, 2.24) is 4.90 Å². The lowest BCUT2D eigenvalue weighted by molar-refractivity contribution is -0.144. The van der Waals surface area contributed by atoms with Crippen molar-refractivity contribution in [2.75, 3.05) is 26.2 Å². The summed E-state index contributed by atoms with van der Waals surface area (Å²) >= 11 is 0. The third-order valence-corrected chi connectivity index (χ3v) is 4.93. The van der Waals surface area contributed by atoms with Crippen LogP contribution in [0.2, 0.25) is 0 Å². The van der Waals surface area contributed by atoms with Crippen LogP contribution in [0.25, 0.3) is 0 Å². The van der Waals surface area contributed by atoms with Gasteiger partial charge in [-0.1, -0.05) is 12.8 Å². The largest absolute Gasteiger partial charge is 0.465 e. The number of carbonyl (C=O) groups is 1. The Hall–Kier alpha value is -0.610. The summed E-state index contributed by atoms with van der Waals surface area (Å²) in [6, 6.07) is -0.456. The van der Waals surface area contributed by atoms with Crippen LogP contribution in [-0.2, 0) is 9.53 Å². The van der Waals surface area contributed by atoms with E-state index in [-0.39, 0.29) is 5.97 Å². The summed E-state index contributed by atoms with van der Waals surface area (Å²) in [4.78, 5) is 13.9. The van der Waals surface area contributed by atoms with E-state index in [2.05, 4.69) is 4.90 Å². The molecule has 4 nitrogen and oxygen atoms in total. The number of piperidine rings is 1. The van der Waals surface area contributed by atoms with Crippen LogP contribution in [0, 0.1) is 5.41 Å². The van der Waals surface area contributed by atoms with Crippen LogP contribution in [0.3, 0.4) is 0 Å². The van der Waals surface area contributed by atoms with E-state index >= 15 is 0 Å². The van der Waals surface area contributed by atoms with Crippen molar-refractivity contribution in [3.8, 4) is 0 Å². The Labute approximate surface area is 116 Å². The summed E-state index contributed by atoms with van der Waals surface area (Å²) in [6.45, 7) is 5.51. The van der Waals surface area contributed by atoms with E-state index in [1.165, 1.54) is 51.6 Å². The van der Waals surface area contributed by atoms with Gasteiger partial charge in [0.2, 0.25) is 0 Å². The average Bonchev–Trinajstić information content (AvgIpc) is 2.86. The number of nitrogens with zero attached hydrogens (tertiary/aromatic N) is 1. The highest BCUT2D eigenvalue weighted by atomic mass is 16.5. The molecule has 1 heterocycles. The molecule has 19 heavy (non-hydrogen) atoms. The summed E-state index contributed by atoms with van der Waals surface area (Å²) in [6.07, 6.45) is 9.10. The third-order valence-electron chi connectivity index (χ3n) is 4.93. The third kappa shape index (κ3) is 3.93. The lowest BCUT2D eigenvalue weighted by atomic mass is 9.77. The number of ether oxygens (including phenoxy) is 1. The highest BCUT2D eigenvalue weighted by Gasteiger charge is 2.36. The normalized spacial score (nSPS) is 24.5. The van der Waals surface area contributed by atoms with Gasteiger partial charge in [-0.2, -0.15) is 0 Å². The second kappa shape index (κ2) is 6.71. The van der Waals surface area contributed by atoms with Crippen molar-refractivity contribution in [2.45, 2.75) is 57.9 Å². The smallest absolute Gasteiger partial charge is 0.322 e. The molecule has 1 saturated carbocycles. The number of hydrogen-bond donors (Lipinski definition) is 1. The maximum absolute atomic E-state index is 11.5. The van der Waals surface area contributed by atoms with E-state index in [9.17, 15) is 4.79 Å². The zero-order valence-electron chi connectivity index (χ0n) is 12.2. The fourth-order valence-corrected chi connectivity index (χ4v) is 3.56. The number of likely N-dealkylation sites (tertiary alicyclic amines) is 1. The highest BCUT2D eigenvalue weighted by Crippen LogP contribution is 2.46. The number of carbonyl (C=O) groups excluding carboxylic acids is 1. The zero-order chi connectivity index (χ0) is 13.7. The molecule has 1 aliphatic carbocycles. The van der Waals surface area contributed by atoms with Crippen LogP contribution in [0.4, 0.5) is 0 Å². The van der Waals surface area contributed by atoms with Gasteiger partial charge in [0, 0.05) is 6.54 Å². The number of hydrogen-bond acceptors (Lipinski definition) is 4. The fourth-order valence-electron chi connectivity index (χ4n) is 3.56. The summed E-state index contributed by atoms with van der Waals surface area (Å²) in [5, 5.41) is 0. The molecule has 0 amide bonds. The van der Waals surface area contributed by atoms with Gasteiger partial charge in [-0.3, -0.25) is 4.79 Å². The lowest BCUT2D eigenvalue weighted by Crippen LogP contribution is -2.42. The summed E-state index contributed by atoms with van der Waals surface area (Å²) in [5.74, 6) is -0.258. The Morgan fingerprint density at radius 1 is 1.26 bits per heavy atom. The first-order valence-corrected chi connectivity index (χ1v) is 7.80. The van der Waals surface area contributed by atoms with Crippen LogP contribution in [-0.4, -0.2) is 43.2 Å². The van der Waals surface area contributed by atoms with Crippen LogP contribution in [0.1, 0.15) is 51.9 Å². The molecule has 1 spiro atoms. The Bertz CT molecular complexity index is 291. The molecule has 2 aliphatic rings. The maximum atomic E-state index is 11.5. The van der Waals surface area contributed by atoms with Gasteiger partial charge in [-0.15, -0.1) is 0 Å². The monoisotopic (exact) mass is 268 g/mol. The minimum atomic E-state index is -0.456. The molecule has 0 bridgehead atoms. The predicted octanol–water partition coefficient (Wildman–Crippen LogP) is 1.92. The van der Waals surface area contributed by atoms with E-state index in [1.807, 2.05) is 6.92 Å². The van der Waals surface area contributed by atoms with Gasteiger partial charge < -0.3 is 15.4 Å². The van der Waals surface area contributed by atoms with Crippen LogP contribution < -0.4 is 5.73 Å². The van der Waals surface area contributed by atoms with Crippen molar-refractivity contribution >= 4 is 5.97 Å². The van der Waals surface area contributed by atoms with E-state index in [1.54, 1.807) is 0 Å². The summed E-state index contributed by atoms with van der Waals surface area (Å²) in [5.41, 5.74) is 6.50. The van der Waals surface area contributed by atoms with Crippen molar-refractivity contribution in [1.29, 1.82) is 0 Å². The van der Waals surface area contributed by atoms with Crippen LogP contribution in [0.5, 0.6) is 0 Å². The van der Waals surface area contributed by atoms with E-state index < -0.39 is 6.04 Å². The Morgan fingerprint density at radius 3 is 2.47 bits per heavy atom. The van der Waals surface area contributed by atoms with Gasteiger partial charge in [0.1, 0.15) is 6.04 Å². The molecule has 0 radical (unpaired) electrons. The van der Waals surface area contributed by atoms with Crippen molar-refractivity contribution in [2.24, 2.45) is 11.1 Å². The first kappa shape index (κ1) is 14.8. The molecule has 2 rings (SSSR count). The fraction of sp³-hybridized carbons (Fsp3) is 0.933. The first-order valence-electron chi connectivity index (χ1n) is 7.80. The molecular formula is C15H28N2O2. The van der Waals surface area contributed by atoms with Gasteiger partial charge >= 0.3 is 5.97 Å². The summed E-state index contributed by atoms with van der Waals surface area (Å²) < 4.78 is 4.94. The molecule has 1 saturated heterocycles. The molecule has 1 aliphatic heterocycles. The van der Waals surface area contributed by atoms with Crippen molar-refractivity contribution in [3.05, 3.63) is 0 Å². The van der Waals surface area contributed by atoms with Gasteiger partial charge in [-0.05, 0) is 57.5 Å². The number of esters is 1. The number of rotatable bonds is 5. The van der Waals surface area contributed by atoms with E-state index in [4.69, 9.17) is 10.5 Å². The molecule has 1 atom stereocenters. The standard InChI is InChI=1S/C15H28N2O2/c1-2-19-14(18)13(16)5-10-17-11-8-15(9-12-17)6-3-4-7-15/h13H,2-12,16H2,1H3. The van der Waals surface area contributed by atoms with E-state index in [0.29, 0.717) is 18.4 Å². The SMILES string of the molecule is CCOC(=O)C(N)CCN1CCC2(CCCC2)CC1. The second-order valence-corrected chi connectivity index (χ2v) is 6.20. The molecule has 0 aromatic heterocycles. The summed E-state index contributed by atoms with van der Waals surface area (Å²) in [7, 11) is 0. The minimum Gasteiger partial charge on any atom is -0.465 e. The maximum Gasteiger partial charge on any atom is 0.322 e. The molecule has 110 valence electrons. The quantitative estimate of drug-likeness (QED) is 0.774. The van der Waals surface area contributed by atoms with E-state index in [0.717, 1.165) is 6.54 Å². The molecule has 0 aromatic carbocycles. The van der Waals surface area contributed by atoms with Gasteiger partial charge in [0.05, 0.1) is 6.61 Å². The molecule has 0 aromatic rings. The molecular weight excluding hydrogens is 240 g/mol. The van der Waals surface area contributed by atoms with Crippen LogP contribution in [0.15, 0.2) is 0 Å². The second-order valence-electron chi connectivity index (χ2n) is 6.20. The zero-order valence-corrected chi connectivity index (χ0v) is 12.2. The molecule has 4 heteroatoms. The Morgan fingerprint density at radius 2 is 1.89 bits per heavy atom. The van der Waals surface area contributed by atoms with Gasteiger partial charge in [0.15, 0.2) is 0 Å².